The maximum absolute atomic E-state index is 13.0. The van der Waals surface area contributed by atoms with E-state index in [-0.39, 0.29) is 11.3 Å². The minimum Gasteiger partial charge on any atom is -0.327 e. The molecule has 0 aromatic heterocycles. The van der Waals surface area contributed by atoms with Crippen molar-refractivity contribution in [2.45, 2.75) is 39.2 Å². The third-order valence-electron chi connectivity index (χ3n) is 6.03. The van der Waals surface area contributed by atoms with Crippen LogP contribution < -0.4 is 16.2 Å². The van der Waals surface area contributed by atoms with E-state index in [1.165, 1.54) is 0 Å². The van der Waals surface area contributed by atoms with Gasteiger partial charge in [0, 0.05) is 16.7 Å². The van der Waals surface area contributed by atoms with Gasteiger partial charge >= 0.3 is 6.03 Å². The molecule has 33 heavy (non-hydrogen) atoms. The largest absolute Gasteiger partial charge is 0.334 e. The number of hydrazine groups is 1. The Bertz CT molecular complexity index is 1190. The van der Waals surface area contributed by atoms with E-state index in [1.807, 2.05) is 63.2 Å². The maximum Gasteiger partial charge on any atom is 0.334 e. The van der Waals surface area contributed by atoms with Crippen molar-refractivity contribution in [3.63, 3.8) is 0 Å². The molecule has 3 N–H and O–H groups in total. The quantitative estimate of drug-likeness (QED) is 0.403. The third kappa shape index (κ3) is 4.80. The Morgan fingerprint density at radius 1 is 0.758 bits per heavy atom. The van der Waals surface area contributed by atoms with Crippen molar-refractivity contribution in [2.75, 3.05) is 0 Å². The number of ketones is 1. The second-order valence-corrected chi connectivity index (χ2v) is 8.66. The first-order valence-corrected chi connectivity index (χ1v) is 11.0. The van der Waals surface area contributed by atoms with Crippen LogP contribution in [0.15, 0.2) is 66.7 Å². The minimum atomic E-state index is -0.471. The highest BCUT2D eigenvalue weighted by Gasteiger charge is 2.45. The molecule has 1 aliphatic rings. The molecular formula is C27H27N3O3. The van der Waals surface area contributed by atoms with Crippen molar-refractivity contribution in [1.82, 2.24) is 16.2 Å². The molecule has 6 nitrogen and oxygen atoms in total. The predicted molar refractivity (Wildman–Crippen MR) is 127 cm³/mol. The Morgan fingerprint density at radius 2 is 1.33 bits per heavy atom. The number of benzene rings is 3. The molecule has 3 amide bonds. The second-order valence-electron chi connectivity index (χ2n) is 8.66. The van der Waals surface area contributed by atoms with E-state index >= 15 is 0 Å². The molecule has 0 saturated heterocycles. The maximum atomic E-state index is 13.0. The van der Waals surface area contributed by atoms with Gasteiger partial charge in [0.15, 0.2) is 5.78 Å². The van der Waals surface area contributed by atoms with E-state index in [2.05, 4.69) is 16.2 Å². The molecule has 4 rings (SSSR count). The van der Waals surface area contributed by atoms with E-state index in [0.29, 0.717) is 16.7 Å². The molecule has 168 valence electrons. The highest BCUT2D eigenvalue weighted by Crippen LogP contribution is 2.45. The number of nitrogens with one attached hydrogen (secondary N) is 3. The predicted octanol–water partition coefficient (Wildman–Crippen LogP) is 4.48. The monoisotopic (exact) mass is 441 g/mol. The third-order valence-corrected chi connectivity index (χ3v) is 6.03. The van der Waals surface area contributed by atoms with Gasteiger partial charge in [-0.25, -0.2) is 10.2 Å². The number of carbonyl (C=O) groups excluding carboxylic acids is 3. The van der Waals surface area contributed by atoms with E-state index in [0.717, 1.165) is 35.1 Å². The molecule has 0 heterocycles. The SMILES string of the molecule is Cc1cc(C)c(C(=O)c2ccc(C(=O)NNC(=O)NC3(c4ccccc4)CC3)cc2)c(C)c1. The summed E-state index contributed by atoms with van der Waals surface area (Å²) in [6.07, 6.45) is 1.71. The molecule has 3 aromatic carbocycles. The van der Waals surface area contributed by atoms with Crippen molar-refractivity contribution in [2.24, 2.45) is 0 Å². The first kappa shape index (κ1) is 22.3. The molecule has 1 fully saturated rings. The van der Waals surface area contributed by atoms with Gasteiger partial charge < -0.3 is 5.32 Å². The number of carbonyl (C=O) groups is 3. The topological polar surface area (TPSA) is 87.3 Å². The first-order chi connectivity index (χ1) is 15.8. The summed E-state index contributed by atoms with van der Waals surface area (Å²) in [5.41, 5.74) is 10.0. The number of rotatable bonds is 5. The number of amides is 3. The zero-order valence-corrected chi connectivity index (χ0v) is 19.0. The molecule has 1 aliphatic carbocycles. The van der Waals surface area contributed by atoms with Gasteiger partial charge in [-0.3, -0.25) is 15.0 Å². The van der Waals surface area contributed by atoms with Crippen LogP contribution in [0.4, 0.5) is 4.79 Å². The highest BCUT2D eigenvalue weighted by atomic mass is 16.2. The lowest BCUT2D eigenvalue weighted by atomic mass is 9.93. The minimum absolute atomic E-state index is 0.0786. The number of aryl methyl sites for hydroxylation is 3. The van der Waals surface area contributed by atoms with Crippen LogP contribution in [-0.2, 0) is 5.54 Å². The molecule has 3 aromatic rings. The van der Waals surface area contributed by atoms with Gasteiger partial charge in [-0.15, -0.1) is 0 Å². The van der Waals surface area contributed by atoms with Crippen molar-refractivity contribution in [1.29, 1.82) is 0 Å². The van der Waals surface area contributed by atoms with Crippen molar-refractivity contribution in [3.05, 3.63) is 106 Å². The highest BCUT2D eigenvalue weighted by molar-refractivity contribution is 6.11. The van der Waals surface area contributed by atoms with Crippen LogP contribution in [0.2, 0.25) is 0 Å². The summed E-state index contributed by atoms with van der Waals surface area (Å²) in [6, 6.07) is 19.7. The molecule has 1 saturated carbocycles. The molecule has 6 heteroatoms. The summed E-state index contributed by atoms with van der Waals surface area (Å²) >= 11 is 0. The summed E-state index contributed by atoms with van der Waals surface area (Å²) < 4.78 is 0. The summed E-state index contributed by atoms with van der Waals surface area (Å²) in [6.45, 7) is 5.85. The Kier molecular flexibility index (Phi) is 6.01. The fourth-order valence-electron chi connectivity index (χ4n) is 4.26. The normalized spacial score (nSPS) is 13.7. The molecule has 0 radical (unpaired) electrons. The van der Waals surface area contributed by atoms with E-state index < -0.39 is 11.9 Å². The zero-order valence-electron chi connectivity index (χ0n) is 19.0. The van der Waals surface area contributed by atoms with Crippen LogP contribution in [0.25, 0.3) is 0 Å². The smallest absolute Gasteiger partial charge is 0.327 e. The van der Waals surface area contributed by atoms with Crippen molar-refractivity contribution >= 4 is 17.7 Å². The lowest BCUT2D eigenvalue weighted by Crippen LogP contribution is -2.50. The summed E-state index contributed by atoms with van der Waals surface area (Å²) in [7, 11) is 0. The molecule has 0 spiro atoms. The standard InChI is InChI=1S/C27H27N3O3/c1-17-15-18(2)23(19(3)16-17)24(31)20-9-11-21(12-10-20)25(32)29-30-26(33)28-27(13-14-27)22-7-5-4-6-8-22/h4-12,15-16H,13-14H2,1-3H3,(H,29,32)(H2,28,30,33). The summed E-state index contributed by atoms with van der Waals surface area (Å²) in [5, 5.41) is 2.94. The molecule has 0 atom stereocenters. The molecule has 0 aliphatic heterocycles. The Morgan fingerprint density at radius 3 is 1.91 bits per heavy atom. The lowest BCUT2D eigenvalue weighted by molar-refractivity contribution is 0.0934. The second kappa shape index (κ2) is 8.90. The van der Waals surface area contributed by atoms with Gasteiger partial charge in [0.25, 0.3) is 5.91 Å². The molecular weight excluding hydrogens is 414 g/mol. The van der Waals surface area contributed by atoms with Crippen LogP contribution in [0.1, 0.15) is 61.4 Å². The number of hydrogen-bond acceptors (Lipinski definition) is 3. The lowest BCUT2D eigenvalue weighted by Gasteiger charge is -2.18. The van der Waals surface area contributed by atoms with Crippen LogP contribution in [-0.4, -0.2) is 17.7 Å². The van der Waals surface area contributed by atoms with Gasteiger partial charge in [-0.2, -0.15) is 0 Å². The first-order valence-electron chi connectivity index (χ1n) is 11.0. The number of urea groups is 1. The summed E-state index contributed by atoms with van der Waals surface area (Å²) in [5.74, 6) is -0.540. The van der Waals surface area contributed by atoms with E-state index in [1.54, 1.807) is 24.3 Å². The molecule has 0 unspecified atom stereocenters. The Labute approximate surface area is 193 Å². The van der Waals surface area contributed by atoms with Crippen LogP contribution in [0.5, 0.6) is 0 Å². The van der Waals surface area contributed by atoms with Crippen LogP contribution in [0.3, 0.4) is 0 Å². The Hall–Kier alpha value is -3.93. The Balaban J connectivity index is 1.36. The van der Waals surface area contributed by atoms with Crippen molar-refractivity contribution < 1.29 is 14.4 Å². The fraction of sp³-hybridized carbons (Fsp3) is 0.222. The van der Waals surface area contributed by atoms with Crippen molar-refractivity contribution in [3.8, 4) is 0 Å². The number of hydrogen-bond donors (Lipinski definition) is 3. The van der Waals surface area contributed by atoms with Gasteiger partial charge in [-0.1, -0.05) is 60.2 Å². The zero-order chi connectivity index (χ0) is 23.6. The van der Waals surface area contributed by atoms with Gasteiger partial charge in [0.05, 0.1) is 5.54 Å². The molecule has 0 bridgehead atoms. The van der Waals surface area contributed by atoms with Crippen LogP contribution in [0, 0.1) is 20.8 Å². The van der Waals surface area contributed by atoms with Gasteiger partial charge in [-0.05, 0) is 62.4 Å². The van der Waals surface area contributed by atoms with E-state index in [4.69, 9.17) is 0 Å². The average molecular weight is 442 g/mol. The fourth-order valence-corrected chi connectivity index (χ4v) is 4.26. The van der Waals surface area contributed by atoms with Gasteiger partial charge in [0.1, 0.15) is 0 Å². The van der Waals surface area contributed by atoms with Crippen LogP contribution >= 0.6 is 0 Å². The van der Waals surface area contributed by atoms with Gasteiger partial charge in [0.2, 0.25) is 0 Å². The average Bonchev–Trinajstić information content (AvgIpc) is 3.58. The summed E-state index contributed by atoms with van der Waals surface area (Å²) in [4.78, 5) is 37.8. The van der Waals surface area contributed by atoms with E-state index in [9.17, 15) is 14.4 Å².